The average Bonchev–Trinajstić information content (AvgIpc) is 3.48. The van der Waals surface area contributed by atoms with E-state index in [-0.39, 0.29) is 29.2 Å². The van der Waals surface area contributed by atoms with E-state index in [9.17, 15) is 9.18 Å². The third kappa shape index (κ3) is 4.08. The number of benzene rings is 3. The monoisotopic (exact) mass is 536 g/mol. The molecule has 2 aliphatic carbocycles. The quantitative estimate of drug-likeness (QED) is 0.320. The zero-order valence-corrected chi connectivity index (χ0v) is 23.1. The molecule has 0 aromatic heterocycles. The summed E-state index contributed by atoms with van der Waals surface area (Å²) >= 11 is 0. The van der Waals surface area contributed by atoms with Crippen LogP contribution in [0.3, 0.4) is 0 Å². The van der Waals surface area contributed by atoms with Crippen LogP contribution >= 0.6 is 0 Å². The summed E-state index contributed by atoms with van der Waals surface area (Å²) in [4.78, 5) is 14.2. The van der Waals surface area contributed by atoms with Crippen LogP contribution in [-0.2, 0) is 22.4 Å². The molecule has 0 radical (unpaired) electrons. The number of halogens is 1. The van der Waals surface area contributed by atoms with E-state index in [0.717, 1.165) is 44.2 Å². The number of hydrazone groups is 1. The van der Waals surface area contributed by atoms with Gasteiger partial charge in [0.25, 0.3) is 0 Å². The molecule has 3 fully saturated rings. The van der Waals surface area contributed by atoms with Gasteiger partial charge in [0.15, 0.2) is 0 Å². The smallest absolute Gasteiger partial charge is 0.313 e. The maximum Gasteiger partial charge on any atom is 0.313 e. The molecule has 0 N–H and O–H groups in total. The fourth-order valence-electron chi connectivity index (χ4n) is 8.66. The van der Waals surface area contributed by atoms with E-state index in [1.54, 1.807) is 0 Å². The Morgan fingerprint density at radius 1 is 0.950 bits per heavy atom. The molecule has 3 aromatic carbocycles. The lowest BCUT2D eigenvalue weighted by molar-refractivity contribution is -0.184. The van der Waals surface area contributed by atoms with E-state index in [4.69, 9.17) is 9.84 Å². The zero-order valence-electron chi connectivity index (χ0n) is 23.1. The van der Waals surface area contributed by atoms with Crippen molar-refractivity contribution in [3.63, 3.8) is 0 Å². The van der Waals surface area contributed by atoms with E-state index in [1.807, 2.05) is 24.3 Å². The summed E-state index contributed by atoms with van der Waals surface area (Å²) in [6.45, 7) is 2.40. The predicted octanol–water partition coefficient (Wildman–Crippen LogP) is 7.37. The summed E-state index contributed by atoms with van der Waals surface area (Å²) in [6.07, 6.45) is 9.31. The van der Waals surface area contributed by atoms with Crippen molar-refractivity contribution in [2.24, 2.45) is 27.8 Å². The fraction of sp³-hybridized carbons (Fsp3) is 0.429. The second kappa shape index (κ2) is 9.57. The Balaban J connectivity index is 1.21. The summed E-state index contributed by atoms with van der Waals surface area (Å²) < 4.78 is 20.4. The second-order valence-electron chi connectivity index (χ2n) is 12.9. The summed E-state index contributed by atoms with van der Waals surface area (Å²) in [7, 11) is 0. The van der Waals surface area contributed by atoms with Crippen molar-refractivity contribution in [2.75, 3.05) is 5.01 Å². The number of rotatable bonds is 5. The normalized spacial score (nSPS) is 32.1. The maximum atomic E-state index is 14.2. The molecule has 4 aliphatic rings. The lowest BCUT2D eigenvalue weighted by atomic mass is 9.49. The Morgan fingerprint density at radius 3 is 2.25 bits per heavy atom. The second-order valence-corrected chi connectivity index (χ2v) is 12.9. The summed E-state index contributed by atoms with van der Waals surface area (Å²) in [6, 6.07) is 27.8. The highest BCUT2D eigenvalue weighted by molar-refractivity contribution is 5.81. The molecule has 7 rings (SSSR count). The average molecular weight is 537 g/mol. The van der Waals surface area contributed by atoms with E-state index in [0.29, 0.717) is 18.8 Å². The van der Waals surface area contributed by atoms with E-state index in [1.165, 1.54) is 23.3 Å². The van der Waals surface area contributed by atoms with Gasteiger partial charge >= 0.3 is 5.97 Å². The molecule has 2 heterocycles. The Morgan fingerprint density at radius 2 is 1.60 bits per heavy atom. The van der Waals surface area contributed by atoms with E-state index < -0.39 is 11.0 Å². The van der Waals surface area contributed by atoms with Crippen molar-refractivity contribution in [3.8, 4) is 0 Å². The molecule has 5 atom stereocenters. The lowest BCUT2D eigenvalue weighted by Gasteiger charge is -2.58. The highest BCUT2D eigenvalue weighted by Crippen LogP contribution is 2.65. The van der Waals surface area contributed by atoms with Crippen LogP contribution in [0.2, 0.25) is 0 Å². The summed E-state index contributed by atoms with van der Waals surface area (Å²) in [5, 5.41) is 6.92. The van der Waals surface area contributed by atoms with Gasteiger partial charge in [-0.05, 0) is 86.3 Å². The van der Waals surface area contributed by atoms with Gasteiger partial charge < -0.3 is 4.74 Å². The van der Waals surface area contributed by atoms with Gasteiger partial charge in [-0.2, -0.15) is 5.10 Å². The summed E-state index contributed by atoms with van der Waals surface area (Å²) in [5.41, 5.74) is 2.13. The minimum absolute atomic E-state index is 0.0303. The predicted molar refractivity (Wildman–Crippen MR) is 155 cm³/mol. The topological polar surface area (TPSA) is 41.9 Å². The Bertz CT molecular complexity index is 1370. The van der Waals surface area contributed by atoms with Crippen LogP contribution in [0.15, 0.2) is 90.0 Å². The molecule has 0 bridgehead atoms. The van der Waals surface area contributed by atoms with Crippen molar-refractivity contribution in [1.82, 2.24) is 0 Å². The highest BCUT2D eigenvalue weighted by atomic mass is 19.1. The van der Waals surface area contributed by atoms with E-state index >= 15 is 0 Å². The van der Waals surface area contributed by atoms with Crippen LogP contribution in [0.25, 0.3) is 0 Å². The molecule has 4 nitrogen and oxygen atoms in total. The van der Waals surface area contributed by atoms with Gasteiger partial charge in [-0.3, -0.25) is 9.80 Å². The first-order valence-electron chi connectivity index (χ1n) is 14.8. The Labute approximate surface area is 236 Å². The SMILES string of the molecule is C[C@]12CC3C=NN(c4ccc(F)cc4)C3CC1CCC[C@@]21CC(Cc2ccccc2)(Cc2ccccc2)C(=O)O1. The first-order chi connectivity index (χ1) is 19.4. The van der Waals surface area contributed by atoms with Crippen molar-refractivity contribution in [2.45, 2.75) is 69.9 Å². The molecule has 2 aliphatic heterocycles. The number of hydrogen-bond donors (Lipinski definition) is 0. The zero-order chi connectivity index (χ0) is 27.4. The molecule has 0 amide bonds. The van der Waals surface area contributed by atoms with Crippen LogP contribution in [0.5, 0.6) is 0 Å². The molecule has 3 aromatic rings. The molecule has 206 valence electrons. The van der Waals surface area contributed by atoms with Gasteiger partial charge in [0.1, 0.15) is 11.4 Å². The molecular weight excluding hydrogens is 499 g/mol. The highest BCUT2D eigenvalue weighted by Gasteiger charge is 2.68. The Hall–Kier alpha value is -3.47. The van der Waals surface area contributed by atoms with Gasteiger partial charge in [0.2, 0.25) is 0 Å². The first-order valence-corrected chi connectivity index (χ1v) is 14.8. The number of hydrogen-bond acceptors (Lipinski definition) is 4. The number of esters is 1. The van der Waals surface area contributed by atoms with Gasteiger partial charge in [-0.1, -0.05) is 67.6 Å². The molecule has 2 saturated carbocycles. The van der Waals surface area contributed by atoms with Crippen LogP contribution in [0.4, 0.5) is 10.1 Å². The number of fused-ring (bicyclic) bond motifs is 3. The number of anilines is 1. The number of carbonyl (C=O) groups is 1. The number of carbonyl (C=O) groups excluding carboxylic acids is 1. The molecular formula is C35H37FN2O2. The van der Waals surface area contributed by atoms with Crippen molar-refractivity contribution >= 4 is 17.9 Å². The van der Waals surface area contributed by atoms with Gasteiger partial charge in [0.05, 0.1) is 17.1 Å². The molecule has 40 heavy (non-hydrogen) atoms. The molecule has 1 saturated heterocycles. The van der Waals surface area contributed by atoms with Gasteiger partial charge in [-0.15, -0.1) is 0 Å². The molecule has 1 spiro atoms. The third-order valence-electron chi connectivity index (χ3n) is 10.7. The standard InChI is InChI=1S/C35H37FN2O2/c1-33-22-27-23-37-38(30-16-14-29(36)15-17-30)31(27)19-28(33)13-8-18-35(33)24-34(32(39)40-35,20-25-9-4-2-5-10-25)21-26-11-6-3-7-12-26/h2-7,9-12,14-17,23,27-28,31H,8,13,18-22,24H2,1H3/t27?,28?,31?,33-,35+/m0/s1. The van der Waals surface area contributed by atoms with Crippen molar-refractivity contribution in [1.29, 1.82) is 0 Å². The minimum atomic E-state index is -0.589. The number of ether oxygens (including phenoxy) is 1. The van der Waals surface area contributed by atoms with Crippen molar-refractivity contribution in [3.05, 3.63) is 102 Å². The van der Waals surface area contributed by atoms with E-state index in [2.05, 4.69) is 66.7 Å². The van der Waals surface area contributed by atoms with Crippen LogP contribution < -0.4 is 5.01 Å². The third-order valence-corrected chi connectivity index (χ3v) is 10.7. The Kier molecular flexibility index (Phi) is 6.10. The van der Waals surface area contributed by atoms with Crippen LogP contribution in [-0.4, -0.2) is 23.8 Å². The lowest BCUT2D eigenvalue weighted by Crippen LogP contribution is -2.59. The van der Waals surface area contributed by atoms with Crippen LogP contribution in [0, 0.1) is 28.5 Å². The van der Waals surface area contributed by atoms with Gasteiger partial charge in [-0.25, -0.2) is 4.39 Å². The largest absolute Gasteiger partial charge is 0.458 e. The minimum Gasteiger partial charge on any atom is -0.458 e. The molecule has 3 unspecified atom stereocenters. The van der Waals surface area contributed by atoms with Crippen molar-refractivity contribution < 1.29 is 13.9 Å². The molecule has 5 heteroatoms. The number of nitrogens with zero attached hydrogens (tertiary/aromatic N) is 2. The van der Waals surface area contributed by atoms with Crippen LogP contribution in [0.1, 0.15) is 56.6 Å². The first kappa shape index (κ1) is 25.5. The maximum absolute atomic E-state index is 14.2. The van der Waals surface area contributed by atoms with Gasteiger partial charge in [0, 0.05) is 24.0 Å². The summed E-state index contributed by atoms with van der Waals surface area (Å²) in [5.74, 6) is 0.450. The fourth-order valence-corrected chi connectivity index (χ4v) is 8.66.